The highest BCUT2D eigenvalue weighted by molar-refractivity contribution is 7.87. The minimum Gasteiger partial charge on any atom is -0.379 e. The van der Waals surface area contributed by atoms with Gasteiger partial charge in [0.25, 0.3) is 0 Å². The fourth-order valence-electron chi connectivity index (χ4n) is 3.87. The molecule has 1 aliphatic heterocycles. The Morgan fingerprint density at radius 2 is 1.87 bits per heavy atom. The van der Waals surface area contributed by atoms with Gasteiger partial charge in [0.15, 0.2) is 0 Å². The Labute approximate surface area is 178 Å². The van der Waals surface area contributed by atoms with Gasteiger partial charge in [-0.25, -0.2) is 0 Å². The van der Waals surface area contributed by atoms with Crippen molar-refractivity contribution < 1.29 is 17.3 Å². The average Bonchev–Trinajstić information content (AvgIpc) is 2.80. The lowest BCUT2D eigenvalue weighted by atomic mass is 9.88. The van der Waals surface area contributed by atoms with Crippen LogP contribution in [0.5, 0.6) is 5.75 Å². The van der Waals surface area contributed by atoms with E-state index in [0.717, 1.165) is 25.1 Å². The number of hydrogen-bond acceptors (Lipinski definition) is 5. The molecule has 1 fully saturated rings. The quantitative estimate of drug-likeness (QED) is 0.513. The van der Waals surface area contributed by atoms with Crippen LogP contribution < -0.4 is 4.18 Å². The van der Waals surface area contributed by atoms with Gasteiger partial charge in [0.2, 0.25) is 0 Å². The monoisotopic (exact) mass is 423 g/mol. The van der Waals surface area contributed by atoms with E-state index >= 15 is 0 Å². The highest BCUT2D eigenvalue weighted by Gasteiger charge is 2.35. The summed E-state index contributed by atoms with van der Waals surface area (Å²) in [5.74, 6) is 0.276. The van der Waals surface area contributed by atoms with Crippen LogP contribution in [0.2, 0.25) is 0 Å². The predicted molar refractivity (Wildman–Crippen MR) is 117 cm³/mol. The van der Waals surface area contributed by atoms with Crippen LogP contribution in [-0.4, -0.2) is 38.6 Å². The fraction of sp³-hybridized carbons (Fsp3) is 0.250. The van der Waals surface area contributed by atoms with E-state index in [0.29, 0.717) is 6.61 Å². The first-order chi connectivity index (χ1) is 14.5. The molecule has 0 radical (unpaired) electrons. The van der Waals surface area contributed by atoms with Gasteiger partial charge in [0.05, 0.1) is 18.2 Å². The zero-order valence-electron chi connectivity index (χ0n) is 16.7. The minimum absolute atomic E-state index is 0.102. The Morgan fingerprint density at radius 3 is 2.53 bits per heavy atom. The van der Waals surface area contributed by atoms with Gasteiger partial charge in [-0.15, -0.1) is 6.58 Å². The van der Waals surface area contributed by atoms with Crippen LogP contribution in [0.3, 0.4) is 0 Å². The van der Waals surface area contributed by atoms with Gasteiger partial charge in [-0.1, -0.05) is 60.7 Å². The second kappa shape index (κ2) is 8.60. The van der Waals surface area contributed by atoms with Crippen molar-refractivity contribution in [1.82, 2.24) is 4.90 Å². The largest absolute Gasteiger partial charge is 0.379 e. The molecule has 2 aromatic rings. The molecular weight excluding hydrogens is 398 g/mol. The standard InChI is InChI=1S/C24H25NO4S/c1-2-24(15-7-4-8-16-24)25-17-18-28-23(19-25)20-11-13-21(14-12-20)29-30(26,27)22-9-5-3-6-10-22/h2-15,23H,1,16-19H2/t23-,24-/m0/s1. The third-order valence-electron chi connectivity index (χ3n) is 5.58. The molecule has 4 rings (SSSR count). The third-order valence-corrected chi connectivity index (χ3v) is 6.84. The number of ether oxygens (including phenoxy) is 1. The lowest BCUT2D eigenvalue weighted by molar-refractivity contribution is -0.0511. The molecule has 1 aliphatic carbocycles. The van der Waals surface area contributed by atoms with Crippen molar-refractivity contribution in [1.29, 1.82) is 0 Å². The zero-order chi connectivity index (χ0) is 21.0. The maximum atomic E-state index is 12.4. The summed E-state index contributed by atoms with van der Waals surface area (Å²) < 4.78 is 36.1. The molecule has 0 amide bonds. The van der Waals surface area contributed by atoms with Crippen LogP contribution in [0, 0.1) is 0 Å². The van der Waals surface area contributed by atoms with Crippen LogP contribution in [0.4, 0.5) is 0 Å². The van der Waals surface area contributed by atoms with Crippen LogP contribution >= 0.6 is 0 Å². The van der Waals surface area contributed by atoms with E-state index in [9.17, 15) is 8.42 Å². The molecule has 0 spiro atoms. The molecule has 0 bridgehead atoms. The normalized spacial score (nSPS) is 24.5. The fourth-order valence-corrected chi connectivity index (χ4v) is 4.82. The van der Waals surface area contributed by atoms with Crippen molar-refractivity contribution in [3.63, 3.8) is 0 Å². The van der Waals surface area contributed by atoms with Gasteiger partial charge in [0.1, 0.15) is 10.6 Å². The Morgan fingerprint density at radius 1 is 1.10 bits per heavy atom. The zero-order valence-corrected chi connectivity index (χ0v) is 17.5. The summed E-state index contributed by atoms with van der Waals surface area (Å²) in [4.78, 5) is 2.52. The van der Waals surface area contributed by atoms with Gasteiger partial charge in [0, 0.05) is 13.1 Å². The number of benzene rings is 2. The highest BCUT2D eigenvalue weighted by Crippen LogP contribution is 2.33. The van der Waals surface area contributed by atoms with Gasteiger partial charge < -0.3 is 8.92 Å². The molecule has 0 aromatic heterocycles. The van der Waals surface area contributed by atoms with E-state index in [-0.39, 0.29) is 22.3 Å². The SMILES string of the molecule is C=C[C@]1(N2CCO[C@H](c3ccc(OS(=O)(=O)c4ccccc4)cc3)C2)C=CC=CC1. The molecule has 30 heavy (non-hydrogen) atoms. The predicted octanol–water partition coefficient (Wildman–Crippen LogP) is 4.27. The van der Waals surface area contributed by atoms with Gasteiger partial charge in [-0.05, 0) is 36.2 Å². The van der Waals surface area contributed by atoms with Gasteiger partial charge >= 0.3 is 10.1 Å². The Balaban J connectivity index is 1.47. The number of rotatable bonds is 6. The summed E-state index contributed by atoms with van der Waals surface area (Å²) in [5, 5.41) is 0. The summed E-state index contributed by atoms with van der Waals surface area (Å²) in [7, 11) is -3.85. The molecule has 0 N–H and O–H groups in total. The molecule has 6 heteroatoms. The van der Waals surface area contributed by atoms with Crippen molar-refractivity contribution in [3.05, 3.63) is 97.1 Å². The van der Waals surface area contributed by atoms with E-state index in [1.165, 1.54) is 12.1 Å². The lowest BCUT2D eigenvalue weighted by Gasteiger charge is -2.44. The summed E-state index contributed by atoms with van der Waals surface area (Å²) in [6.07, 6.45) is 11.3. The number of morpholine rings is 1. The summed E-state index contributed by atoms with van der Waals surface area (Å²) >= 11 is 0. The summed E-state index contributed by atoms with van der Waals surface area (Å²) in [5.41, 5.74) is 0.794. The molecule has 0 unspecified atom stereocenters. The van der Waals surface area contributed by atoms with Crippen LogP contribution in [0.15, 0.2) is 96.5 Å². The summed E-state index contributed by atoms with van der Waals surface area (Å²) in [6, 6.07) is 15.2. The van der Waals surface area contributed by atoms with Crippen molar-refractivity contribution in [2.45, 2.75) is 23.0 Å². The molecular formula is C24H25NO4S. The molecule has 5 nitrogen and oxygen atoms in total. The number of hydrogen-bond donors (Lipinski definition) is 0. The lowest BCUT2D eigenvalue weighted by Crippen LogP contribution is -2.52. The van der Waals surface area contributed by atoms with E-state index in [4.69, 9.17) is 8.92 Å². The van der Waals surface area contributed by atoms with Crippen molar-refractivity contribution in [3.8, 4) is 5.75 Å². The molecule has 2 atom stereocenters. The Kier molecular flexibility index (Phi) is 5.90. The highest BCUT2D eigenvalue weighted by atomic mass is 32.2. The van der Waals surface area contributed by atoms with E-state index in [1.54, 1.807) is 30.3 Å². The first-order valence-electron chi connectivity index (χ1n) is 9.97. The van der Waals surface area contributed by atoms with Crippen LogP contribution in [0.1, 0.15) is 18.1 Å². The minimum atomic E-state index is -3.85. The molecule has 156 valence electrons. The van der Waals surface area contributed by atoms with Gasteiger partial charge in [-0.2, -0.15) is 8.42 Å². The van der Waals surface area contributed by atoms with Crippen LogP contribution in [-0.2, 0) is 14.9 Å². The molecule has 2 aromatic carbocycles. The van der Waals surface area contributed by atoms with E-state index < -0.39 is 10.1 Å². The second-order valence-corrected chi connectivity index (χ2v) is 8.96. The Bertz CT molecular complexity index is 1040. The molecule has 1 saturated heterocycles. The van der Waals surface area contributed by atoms with Crippen LogP contribution in [0.25, 0.3) is 0 Å². The third kappa shape index (κ3) is 4.26. The number of nitrogens with zero attached hydrogens (tertiary/aromatic N) is 1. The maximum absolute atomic E-state index is 12.4. The first kappa shape index (κ1) is 20.6. The first-order valence-corrected chi connectivity index (χ1v) is 11.4. The van der Waals surface area contributed by atoms with Crippen molar-refractivity contribution in [2.75, 3.05) is 19.7 Å². The molecule has 1 heterocycles. The average molecular weight is 424 g/mol. The topological polar surface area (TPSA) is 55.8 Å². The summed E-state index contributed by atoms with van der Waals surface area (Å²) in [6.45, 7) is 6.24. The van der Waals surface area contributed by atoms with E-state index in [2.05, 4.69) is 35.8 Å². The smallest absolute Gasteiger partial charge is 0.339 e. The van der Waals surface area contributed by atoms with Crippen molar-refractivity contribution in [2.24, 2.45) is 0 Å². The maximum Gasteiger partial charge on any atom is 0.339 e. The van der Waals surface area contributed by atoms with E-state index in [1.807, 2.05) is 18.2 Å². The van der Waals surface area contributed by atoms with Crippen molar-refractivity contribution >= 4 is 10.1 Å². The molecule has 2 aliphatic rings. The second-order valence-electron chi connectivity index (χ2n) is 7.41. The number of allylic oxidation sites excluding steroid dienone is 2. The Hall–Kier alpha value is -2.67. The van der Waals surface area contributed by atoms with Gasteiger partial charge in [-0.3, -0.25) is 4.90 Å². The molecule has 0 saturated carbocycles.